The molecule has 6 nitrogen and oxygen atoms in total. The first-order chi connectivity index (χ1) is 11.6. The number of hydrogen-bond donors (Lipinski definition) is 1. The molecule has 2 aliphatic heterocycles. The summed E-state index contributed by atoms with van der Waals surface area (Å²) in [6.07, 6.45) is 1.65. The highest BCUT2D eigenvalue weighted by atomic mass is 15.4. The Labute approximate surface area is 157 Å². The summed E-state index contributed by atoms with van der Waals surface area (Å²) in [4.78, 5) is 20.0. The maximum atomic E-state index is 10.8. The zero-order chi connectivity index (χ0) is 19.7. The van der Waals surface area contributed by atoms with Crippen molar-refractivity contribution in [2.24, 2.45) is 10.4 Å². The Kier molecular flexibility index (Phi) is 4.12. The topological polar surface area (TPSA) is 79.5 Å². The SMILES string of the molecule is CC(C)(C)CC(C)(C)N=c1nc2nc([nH]1)C1C([N])CC(C)(C)N2C1(C)C. The molecule has 0 aliphatic carbocycles. The molecule has 0 amide bonds. The lowest BCUT2D eigenvalue weighted by Gasteiger charge is -2.59. The third kappa shape index (κ3) is 3.28. The highest BCUT2D eigenvalue weighted by Gasteiger charge is 2.56. The fourth-order valence-corrected chi connectivity index (χ4v) is 5.48. The minimum Gasteiger partial charge on any atom is -0.330 e. The highest BCUT2D eigenvalue weighted by molar-refractivity contribution is 5.47. The fraction of sp³-hybridized carbons (Fsp3) is 0.850. The summed E-state index contributed by atoms with van der Waals surface area (Å²) in [5.74, 6) is 1.43. The van der Waals surface area contributed by atoms with Gasteiger partial charge in [0, 0.05) is 11.1 Å². The maximum Gasteiger partial charge on any atom is 0.231 e. The van der Waals surface area contributed by atoms with E-state index in [0.717, 1.165) is 12.2 Å². The van der Waals surface area contributed by atoms with E-state index < -0.39 is 6.04 Å². The van der Waals surface area contributed by atoms with Crippen LogP contribution in [0.5, 0.6) is 0 Å². The normalized spacial score (nSPS) is 27.6. The van der Waals surface area contributed by atoms with Gasteiger partial charge in [-0.25, -0.2) is 4.99 Å². The average Bonchev–Trinajstić information content (AvgIpc) is 2.29. The lowest BCUT2D eigenvalue weighted by Crippen LogP contribution is -2.69. The van der Waals surface area contributed by atoms with Crippen LogP contribution in [0, 0.1) is 5.41 Å². The van der Waals surface area contributed by atoms with Gasteiger partial charge in [0.05, 0.1) is 17.5 Å². The van der Waals surface area contributed by atoms with Crippen LogP contribution in [0.1, 0.15) is 86.9 Å². The summed E-state index contributed by atoms with van der Waals surface area (Å²) in [6, 6.07) is -0.439. The molecular weight excluding hydrogens is 324 g/mol. The number of hydrogen-bond acceptors (Lipinski definition) is 4. The van der Waals surface area contributed by atoms with Crippen molar-refractivity contribution in [3.8, 4) is 0 Å². The first kappa shape index (κ1) is 19.3. The second kappa shape index (κ2) is 5.54. The zero-order valence-electron chi connectivity index (χ0n) is 17.8. The van der Waals surface area contributed by atoms with Crippen LogP contribution in [0.2, 0.25) is 0 Å². The molecule has 3 rings (SSSR count). The van der Waals surface area contributed by atoms with E-state index in [9.17, 15) is 5.73 Å². The summed E-state index contributed by atoms with van der Waals surface area (Å²) in [7, 11) is 0. The maximum absolute atomic E-state index is 10.8. The summed E-state index contributed by atoms with van der Waals surface area (Å²) in [5, 5.41) is 0. The van der Waals surface area contributed by atoms with Gasteiger partial charge in [-0.05, 0) is 59.8 Å². The van der Waals surface area contributed by atoms with Gasteiger partial charge in [-0.1, -0.05) is 20.8 Å². The van der Waals surface area contributed by atoms with E-state index in [1.54, 1.807) is 0 Å². The molecule has 1 aromatic heterocycles. The van der Waals surface area contributed by atoms with Crippen LogP contribution in [0.4, 0.5) is 5.95 Å². The van der Waals surface area contributed by atoms with Crippen molar-refractivity contribution in [1.82, 2.24) is 20.7 Å². The smallest absolute Gasteiger partial charge is 0.231 e. The first-order valence-corrected chi connectivity index (χ1v) is 9.65. The molecule has 1 N–H and O–H groups in total. The lowest BCUT2D eigenvalue weighted by atomic mass is 9.68. The number of fused-ring (bicyclic) bond motifs is 6. The van der Waals surface area contributed by atoms with E-state index in [1.807, 2.05) is 0 Å². The molecule has 3 heterocycles. The van der Waals surface area contributed by atoms with Gasteiger partial charge in [0.2, 0.25) is 11.6 Å². The van der Waals surface area contributed by atoms with Crippen molar-refractivity contribution >= 4 is 5.95 Å². The quantitative estimate of drug-likeness (QED) is 0.881. The largest absolute Gasteiger partial charge is 0.330 e. The molecule has 2 aliphatic rings. The molecule has 0 spiro atoms. The van der Waals surface area contributed by atoms with E-state index in [0.29, 0.717) is 18.0 Å². The highest BCUT2D eigenvalue weighted by Crippen LogP contribution is 2.49. The van der Waals surface area contributed by atoms with E-state index >= 15 is 0 Å². The number of aromatic nitrogens is 3. The molecule has 1 saturated heterocycles. The zero-order valence-corrected chi connectivity index (χ0v) is 17.8. The summed E-state index contributed by atoms with van der Waals surface area (Å²) >= 11 is 0. The van der Waals surface area contributed by atoms with E-state index in [2.05, 4.69) is 72.2 Å². The molecule has 26 heavy (non-hydrogen) atoms. The predicted molar refractivity (Wildman–Crippen MR) is 104 cm³/mol. The Morgan fingerprint density at radius 2 is 1.77 bits per heavy atom. The monoisotopic (exact) mass is 358 g/mol. The Hall–Kier alpha value is -1.43. The summed E-state index contributed by atoms with van der Waals surface area (Å²) < 4.78 is 0. The van der Waals surface area contributed by atoms with Crippen LogP contribution in [-0.4, -0.2) is 37.6 Å². The Morgan fingerprint density at radius 3 is 2.35 bits per heavy atom. The van der Waals surface area contributed by atoms with E-state index in [4.69, 9.17) is 15.0 Å². The minimum atomic E-state index is -0.439. The first-order valence-electron chi connectivity index (χ1n) is 9.65. The molecule has 2 unspecified atom stereocenters. The van der Waals surface area contributed by atoms with Gasteiger partial charge < -0.3 is 9.88 Å². The molecular formula is C20H34N6. The number of anilines is 1. The second-order valence-electron chi connectivity index (χ2n) is 11.1. The molecule has 2 radical (unpaired) electrons. The van der Waals surface area contributed by atoms with Gasteiger partial charge in [-0.3, -0.25) is 0 Å². The van der Waals surface area contributed by atoms with Crippen molar-refractivity contribution in [3.05, 3.63) is 11.4 Å². The van der Waals surface area contributed by atoms with Crippen molar-refractivity contribution in [1.29, 1.82) is 0 Å². The van der Waals surface area contributed by atoms with Gasteiger partial charge >= 0.3 is 0 Å². The fourth-order valence-electron chi connectivity index (χ4n) is 5.48. The van der Waals surface area contributed by atoms with Gasteiger partial charge in [0.25, 0.3) is 0 Å². The van der Waals surface area contributed by atoms with Crippen molar-refractivity contribution in [3.63, 3.8) is 0 Å². The number of aromatic amines is 1. The number of H-pyrrole nitrogens is 1. The van der Waals surface area contributed by atoms with Gasteiger partial charge in [-0.2, -0.15) is 9.97 Å². The Balaban J connectivity index is 2.13. The number of piperidine rings is 1. The third-order valence-corrected chi connectivity index (χ3v) is 5.57. The van der Waals surface area contributed by atoms with E-state index in [1.165, 1.54) is 0 Å². The second-order valence-corrected chi connectivity index (χ2v) is 11.1. The number of nitrogens with zero attached hydrogens (tertiary/aromatic N) is 5. The molecule has 1 aromatic rings. The van der Waals surface area contributed by atoms with Crippen LogP contribution >= 0.6 is 0 Å². The molecule has 0 aromatic carbocycles. The van der Waals surface area contributed by atoms with Gasteiger partial charge in [-0.15, -0.1) is 5.73 Å². The van der Waals surface area contributed by atoms with Crippen LogP contribution in [0.3, 0.4) is 0 Å². The van der Waals surface area contributed by atoms with Crippen LogP contribution in [0.25, 0.3) is 0 Å². The van der Waals surface area contributed by atoms with Gasteiger partial charge in [0.15, 0.2) is 0 Å². The minimum absolute atomic E-state index is 0.0781. The van der Waals surface area contributed by atoms with Crippen LogP contribution < -0.4 is 16.3 Å². The number of nitrogens with one attached hydrogen (secondary N) is 1. The molecule has 0 saturated carbocycles. The number of rotatable bonds is 2. The Bertz CT molecular complexity index is 765. The lowest BCUT2D eigenvalue weighted by molar-refractivity contribution is 0.161. The van der Waals surface area contributed by atoms with Crippen LogP contribution in [0.15, 0.2) is 4.99 Å². The molecule has 4 bridgehead atoms. The van der Waals surface area contributed by atoms with Crippen molar-refractivity contribution in [2.75, 3.05) is 4.90 Å². The average molecular weight is 359 g/mol. The summed E-state index contributed by atoms with van der Waals surface area (Å²) in [6.45, 7) is 19.6. The third-order valence-electron chi connectivity index (χ3n) is 5.57. The molecule has 6 heteroatoms. The Morgan fingerprint density at radius 1 is 1.15 bits per heavy atom. The van der Waals surface area contributed by atoms with Crippen LogP contribution in [-0.2, 0) is 0 Å². The molecule has 144 valence electrons. The standard InChI is InChI=1S/C20H34N6/c1-17(2,3)11-18(4,5)25-15-22-14-13-12(21)10-19(6,7)26(20(13,8)9)16(23-14)24-15/h12-13H,10-11H2,1-9H3,(H,22,23,24,25). The van der Waals surface area contributed by atoms with E-state index in [-0.39, 0.29) is 27.9 Å². The predicted octanol–water partition coefficient (Wildman–Crippen LogP) is 3.22. The molecule has 2 atom stereocenters. The van der Waals surface area contributed by atoms with Gasteiger partial charge in [0.1, 0.15) is 5.82 Å². The summed E-state index contributed by atoms with van der Waals surface area (Å²) in [5.41, 5.74) is 10.9. The van der Waals surface area contributed by atoms with Crippen molar-refractivity contribution < 1.29 is 0 Å². The van der Waals surface area contributed by atoms with Crippen molar-refractivity contribution in [2.45, 2.75) is 104 Å². The molecule has 1 fully saturated rings.